The first kappa shape index (κ1) is 12.1. The minimum absolute atomic E-state index is 0.0391. The summed E-state index contributed by atoms with van der Waals surface area (Å²) in [7, 11) is 0. The Labute approximate surface area is 101 Å². The minimum Gasteiger partial charge on any atom is -0.294 e. The summed E-state index contributed by atoms with van der Waals surface area (Å²) in [6.45, 7) is 2.18. The number of nitriles is 1. The third-order valence-electron chi connectivity index (χ3n) is 3.75. The number of piperazine rings is 1. The SMILES string of the molecule is CCC1C(=O)NC(=O)CN1C1CCCC1C#N. The van der Waals surface area contributed by atoms with Crippen LogP contribution >= 0.6 is 0 Å². The number of carbonyl (C=O) groups is 2. The molecule has 0 spiro atoms. The second-order valence-corrected chi connectivity index (χ2v) is 4.74. The van der Waals surface area contributed by atoms with Crippen LogP contribution in [-0.4, -0.2) is 35.3 Å². The van der Waals surface area contributed by atoms with E-state index < -0.39 is 0 Å². The summed E-state index contributed by atoms with van der Waals surface area (Å²) in [4.78, 5) is 25.1. The van der Waals surface area contributed by atoms with E-state index in [0.29, 0.717) is 6.42 Å². The van der Waals surface area contributed by atoms with Crippen molar-refractivity contribution < 1.29 is 9.59 Å². The van der Waals surface area contributed by atoms with Crippen LogP contribution in [0.15, 0.2) is 0 Å². The molecule has 3 unspecified atom stereocenters. The number of rotatable bonds is 2. The van der Waals surface area contributed by atoms with Gasteiger partial charge in [-0.1, -0.05) is 13.3 Å². The molecule has 1 saturated carbocycles. The normalized spacial score (nSPS) is 34.5. The number of carbonyl (C=O) groups excluding carboxylic acids is 2. The van der Waals surface area contributed by atoms with E-state index in [2.05, 4.69) is 11.4 Å². The smallest absolute Gasteiger partial charge is 0.243 e. The Morgan fingerprint density at radius 2 is 2.24 bits per heavy atom. The molecular formula is C12H17N3O2. The monoisotopic (exact) mass is 235 g/mol. The largest absolute Gasteiger partial charge is 0.294 e. The van der Waals surface area contributed by atoms with Crippen molar-refractivity contribution in [3.05, 3.63) is 0 Å². The van der Waals surface area contributed by atoms with Crippen molar-refractivity contribution >= 4 is 11.8 Å². The molecule has 0 aromatic heterocycles. The molecule has 2 aliphatic rings. The van der Waals surface area contributed by atoms with Crippen LogP contribution in [-0.2, 0) is 9.59 Å². The zero-order valence-corrected chi connectivity index (χ0v) is 9.98. The highest BCUT2D eigenvalue weighted by molar-refractivity contribution is 6.01. The van der Waals surface area contributed by atoms with E-state index in [0.717, 1.165) is 19.3 Å². The molecule has 2 fully saturated rings. The van der Waals surface area contributed by atoms with Gasteiger partial charge in [0.2, 0.25) is 11.8 Å². The van der Waals surface area contributed by atoms with Crippen molar-refractivity contribution in [1.29, 1.82) is 5.26 Å². The fraction of sp³-hybridized carbons (Fsp3) is 0.750. The lowest BCUT2D eigenvalue weighted by Crippen LogP contribution is -2.61. The van der Waals surface area contributed by atoms with Crippen LogP contribution in [0.1, 0.15) is 32.6 Å². The van der Waals surface area contributed by atoms with Gasteiger partial charge in [0.15, 0.2) is 0 Å². The van der Waals surface area contributed by atoms with E-state index >= 15 is 0 Å². The van der Waals surface area contributed by atoms with Gasteiger partial charge >= 0.3 is 0 Å². The number of amides is 2. The fourth-order valence-electron chi connectivity index (χ4n) is 2.94. The summed E-state index contributed by atoms with van der Waals surface area (Å²) in [5.74, 6) is -0.502. The zero-order chi connectivity index (χ0) is 12.4. The van der Waals surface area contributed by atoms with Crippen LogP contribution in [0.25, 0.3) is 0 Å². The van der Waals surface area contributed by atoms with Gasteiger partial charge in [0.25, 0.3) is 0 Å². The Kier molecular flexibility index (Phi) is 3.43. The first-order valence-corrected chi connectivity index (χ1v) is 6.16. The van der Waals surface area contributed by atoms with Gasteiger partial charge in [0.05, 0.1) is 24.6 Å². The molecule has 0 aromatic carbocycles. The number of nitrogens with zero attached hydrogens (tertiary/aromatic N) is 2. The summed E-state index contributed by atoms with van der Waals surface area (Å²) < 4.78 is 0. The highest BCUT2D eigenvalue weighted by Crippen LogP contribution is 2.31. The van der Waals surface area contributed by atoms with Crippen molar-refractivity contribution in [2.75, 3.05) is 6.54 Å². The number of nitrogens with one attached hydrogen (secondary N) is 1. The molecule has 1 N–H and O–H groups in total. The molecule has 1 heterocycles. The van der Waals surface area contributed by atoms with Gasteiger partial charge in [-0.25, -0.2) is 0 Å². The number of hydrogen-bond donors (Lipinski definition) is 1. The molecule has 2 rings (SSSR count). The van der Waals surface area contributed by atoms with Crippen LogP contribution < -0.4 is 5.32 Å². The Bertz CT molecular complexity index is 374. The molecule has 2 amide bonds. The quantitative estimate of drug-likeness (QED) is 0.704. The van der Waals surface area contributed by atoms with Crippen molar-refractivity contribution in [3.8, 4) is 6.07 Å². The maximum atomic E-state index is 11.7. The first-order chi connectivity index (χ1) is 8.17. The van der Waals surface area contributed by atoms with E-state index in [1.165, 1.54) is 0 Å². The Morgan fingerprint density at radius 3 is 2.88 bits per heavy atom. The van der Waals surface area contributed by atoms with Gasteiger partial charge in [-0.05, 0) is 19.3 Å². The molecule has 5 heteroatoms. The molecule has 0 bridgehead atoms. The standard InChI is InChI=1S/C12H17N3O2/c1-2-9-12(17)14-11(16)7-15(9)10-5-3-4-8(10)6-13/h8-10H,2-5,7H2,1H3,(H,14,16,17). The predicted molar refractivity (Wildman–Crippen MR) is 60.7 cm³/mol. The zero-order valence-electron chi connectivity index (χ0n) is 9.98. The van der Waals surface area contributed by atoms with E-state index in [1.54, 1.807) is 0 Å². The maximum absolute atomic E-state index is 11.7. The van der Waals surface area contributed by atoms with Crippen molar-refractivity contribution in [1.82, 2.24) is 10.2 Å². The highest BCUT2D eigenvalue weighted by atomic mass is 16.2. The van der Waals surface area contributed by atoms with Gasteiger partial charge in [-0.3, -0.25) is 19.8 Å². The van der Waals surface area contributed by atoms with Crippen molar-refractivity contribution in [2.24, 2.45) is 5.92 Å². The van der Waals surface area contributed by atoms with Crippen LogP contribution in [0.2, 0.25) is 0 Å². The lowest BCUT2D eigenvalue weighted by Gasteiger charge is -2.38. The van der Waals surface area contributed by atoms with Gasteiger partial charge in [-0.15, -0.1) is 0 Å². The average Bonchev–Trinajstić information content (AvgIpc) is 2.75. The van der Waals surface area contributed by atoms with Crippen molar-refractivity contribution in [3.63, 3.8) is 0 Å². The first-order valence-electron chi connectivity index (χ1n) is 6.16. The molecule has 3 atom stereocenters. The summed E-state index contributed by atoms with van der Waals surface area (Å²) in [5.41, 5.74) is 0. The maximum Gasteiger partial charge on any atom is 0.243 e. The summed E-state index contributed by atoms with van der Waals surface area (Å²) in [6.07, 6.45) is 3.47. The highest BCUT2D eigenvalue weighted by Gasteiger charge is 2.41. The molecule has 0 radical (unpaired) electrons. The van der Waals surface area contributed by atoms with Crippen LogP contribution in [0, 0.1) is 17.2 Å². The molecule has 1 aliphatic carbocycles. The molecule has 92 valence electrons. The molecular weight excluding hydrogens is 218 g/mol. The van der Waals surface area contributed by atoms with Gasteiger partial charge in [-0.2, -0.15) is 5.26 Å². The minimum atomic E-state index is -0.258. The van der Waals surface area contributed by atoms with Crippen molar-refractivity contribution in [2.45, 2.75) is 44.7 Å². The Balaban J connectivity index is 2.19. The Hall–Kier alpha value is -1.41. The summed E-state index contributed by atoms with van der Waals surface area (Å²) in [6, 6.07) is 2.11. The molecule has 0 aromatic rings. The summed E-state index contributed by atoms with van der Waals surface area (Å²) >= 11 is 0. The lowest BCUT2D eigenvalue weighted by atomic mass is 9.99. The third-order valence-corrected chi connectivity index (χ3v) is 3.75. The van der Waals surface area contributed by atoms with Crippen LogP contribution in [0.4, 0.5) is 0 Å². The van der Waals surface area contributed by atoms with Gasteiger partial charge in [0.1, 0.15) is 0 Å². The van der Waals surface area contributed by atoms with E-state index in [1.807, 2.05) is 11.8 Å². The van der Waals surface area contributed by atoms with E-state index in [4.69, 9.17) is 5.26 Å². The average molecular weight is 235 g/mol. The second-order valence-electron chi connectivity index (χ2n) is 4.74. The molecule has 5 nitrogen and oxygen atoms in total. The van der Waals surface area contributed by atoms with Crippen LogP contribution in [0.5, 0.6) is 0 Å². The number of hydrogen-bond acceptors (Lipinski definition) is 4. The molecule has 1 saturated heterocycles. The molecule has 1 aliphatic heterocycles. The topological polar surface area (TPSA) is 73.2 Å². The van der Waals surface area contributed by atoms with Crippen LogP contribution in [0.3, 0.4) is 0 Å². The summed E-state index contributed by atoms with van der Waals surface area (Å²) in [5, 5.41) is 11.5. The second kappa shape index (κ2) is 4.84. The Morgan fingerprint density at radius 1 is 1.47 bits per heavy atom. The molecule has 17 heavy (non-hydrogen) atoms. The van der Waals surface area contributed by atoms with E-state index in [9.17, 15) is 9.59 Å². The lowest BCUT2D eigenvalue weighted by molar-refractivity contribution is -0.142. The fourth-order valence-corrected chi connectivity index (χ4v) is 2.94. The van der Waals surface area contributed by atoms with Gasteiger partial charge < -0.3 is 0 Å². The number of imide groups is 1. The van der Waals surface area contributed by atoms with E-state index in [-0.39, 0.29) is 36.4 Å². The van der Waals surface area contributed by atoms with Gasteiger partial charge in [0, 0.05) is 6.04 Å². The third kappa shape index (κ3) is 2.18. The predicted octanol–water partition coefficient (Wildman–Crippen LogP) is 0.416.